The third kappa shape index (κ3) is 2.59. The molecular weight excluding hydrogens is 304 g/mol. The van der Waals surface area contributed by atoms with Gasteiger partial charge < -0.3 is 5.11 Å². The Morgan fingerprint density at radius 1 is 1.12 bits per heavy atom. The molecule has 0 aromatic carbocycles. The van der Waals surface area contributed by atoms with Crippen LogP contribution in [0.25, 0.3) is 0 Å². The summed E-state index contributed by atoms with van der Waals surface area (Å²) >= 11 is 0. The minimum atomic E-state index is -0.0812. The predicted molar refractivity (Wildman–Crippen MR) is 105 cm³/mol. The van der Waals surface area contributed by atoms with Crippen molar-refractivity contribution in [3.05, 3.63) is 23.8 Å². The van der Waals surface area contributed by atoms with Gasteiger partial charge in [-0.2, -0.15) is 0 Å². The van der Waals surface area contributed by atoms with Gasteiger partial charge in [0.15, 0.2) is 0 Å². The second kappa shape index (κ2) is 6.25. The third-order valence-corrected chi connectivity index (χ3v) is 9.28. The zero-order valence-corrected chi connectivity index (χ0v) is 16.8. The molecular formula is C24H38O. The Morgan fingerprint density at radius 3 is 2.68 bits per heavy atom. The maximum Gasteiger partial charge on any atom is 0.0577 e. The van der Waals surface area contributed by atoms with Crippen molar-refractivity contribution in [1.82, 2.24) is 0 Å². The van der Waals surface area contributed by atoms with E-state index in [-0.39, 0.29) is 6.10 Å². The average molecular weight is 343 g/mol. The van der Waals surface area contributed by atoms with Gasteiger partial charge in [0.05, 0.1) is 6.10 Å². The van der Waals surface area contributed by atoms with Crippen LogP contribution in [0.5, 0.6) is 0 Å². The molecule has 0 amide bonds. The lowest BCUT2D eigenvalue weighted by Gasteiger charge is -2.58. The lowest BCUT2D eigenvalue weighted by molar-refractivity contribution is -0.0540. The molecule has 0 aromatic rings. The standard InChI is InChI=1S/C24H38O/c1-5-6-16(2)20-9-10-21-19-8-7-17-15-18(25)11-13-23(17,3)22(19)12-14-24(20,21)4/h5-7,16,18-22,25H,8-15H2,1-4H3. The van der Waals surface area contributed by atoms with Crippen LogP contribution in [0.1, 0.15) is 79.1 Å². The molecule has 0 saturated heterocycles. The number of aliphatic hydroxyl groups excluding tert-OH is 1. The van der Waals surface area contributed by atoms with Crippen LogP contribution in [0.4, 0.5) is 0 Å². The quantitative estimate of drug-likeness (QED) is 0.598. The fourth-order valence-corrected chi connectivity index (χ4v) is 7.98. The van der Waals surface area contributed by atoms with E-state index in [0.29, 0.717) is 10.8 Å². The molecule has 0 aliphatic heterocycles. The third-order valence-electron chi connectivity index (χ3n) is 9.28. The van der Waals surface area contributed by atoms with E-state index in [2.05, 4.69) is 45.9 Å². The van der Waals surface area contributed by atoms with Crippen LogP contribution in [0, 0.1) is 40.4 Å². The van der Waals surface area contributed by atoms with Crippen molar-refractivity contribution in [2.24, 2.45) is 40.4 Å². The highest BCUT2D eigenvalue weighted by atomic mass is 16.3. The maximum absolute atomic E-state index is 10.1. The highest BCUT2D eigenvalue weighted by molar-refractivity contribution is 5.25. The van der Waals surface area contributed by atoms with Crippen LogP contribution in [-0.2, 0) is 0 Å². The monoisotopic (exact) mass is 342 g/mol. The summed E-state index contributed by atoms with van der Waals surface area (Å²) in [5, 5.41) is 10.1. The van der Waals surface area contributed by atoms with Crippen molar-refractivity contribution in [3.63, 3.8) is 0 Å². The molecule has 1 heteroatoms. The summed E-state index contributed by atoms with van der Waals surface area (Å²) < 4.78 is 0. The Hall–Kier alpha value is -0.560. The number of hydrogen-bond acceptors (Lipinski definition) is 1. The van der Waals surface area contributed by atoms with Gasteiger partial charge in [-0.3, -0.25) is 0 Å². The predicted octanol–water partition coefficient (Wildman–Crippen LogP) is 6.14. The number of rotatable bonds is 2. The van der Waals surface area contributed by atoms with Crippen LogP contribution >= 0.6 is 0 Å². The van der Waals surface area contributed by atoms with Gasteiger partial charge in [-0.1, -0.05) is 44.6 Å². The number of aliphatic hydroxyl groups is 1. The first-order valence-electron chi connectivity index (χ1n) is 10.9. The van der Waals surface area contributed by atoms with Gasteiger partial charge in [0.1, 0.15) is 0 Å². The van der Waals surface area contributed by atoms with E-state index in [0.717, 1.165) is 42.4 Å². The van der Waals surface area contributed by atoms with E-state index in [1.807, 2.05) is 0 Å². The van der Waals surface area contributed by atoms with E-state index >= 15 is 0 Å². The highest BCUT2D eigenvalue weighted by Gasteiger charge is 2.58. The molecule has 4 rings (SSSR count). The second-order valence-corrected chi connectivity index (χ2v) is 10.3. The molecule has 0 heterocycles. The van der Waals surface area contributed by atoms with Crippen LogP contribution in [-0.4, -0.2) is 11.2 Å². The highest BCUT2D eigenvalue weighted by Crippen LogP contribution is 2.67. The van der Waals surface area contributed by atoms with Crippen molar-refractivity contribution >= 4 is 0 Å². The van der Waals surface area contributed by atoms with Crippen molar-refractivity contribution in [3.8, 4) is 0 Å². The molecule has 0 bridgehead atoms. The van der Waals surface area contributed by atoms with Gasteiger partial charge in [-0.15, -0.1) is 0 Å². The zero-order valence-electron chi connectivity index (χ0n) is 16.8. The fourth-order valence-electron chi connectivity index (χ4n) is 7.98. The van der Waals surface area contributed by atoms with E-state index in [1.54, 1.807) is 5.57 Å². The summed E-state index contributed by atoms with van der Waals surface area (Å²) in [6.45, 7) is 9.80. The summed E-state index contributed by atoms with van der Waals surface area (Å²) in [6, 6.07) is 0. The minimum Gasteiger partial charge on any atom is -0.393 e. The molecule has 4 aliphatic carbocycles. The Labute approximate surface area is 155 Å². The molecule has 25 heavy (non-hydrogen) atoms. The van der Waals surface area contributed by atoms with Crippen molar-refractivity contribution in [1.29, 1.82) is 0 Å². The molecule has 0 aromatic heterocycles. The van der Waals surface area contributed by atoms with Crippen molar-refractivity contribution in [2.75, 3.05) is 0 Å². The van der Waals surface area contributed by atoms with Gasteiger partial charge in [0.2, 0.25) is 0 Å². The van der Waals surface area contributed by atoms with E-state index < -0.39 is 0 Å². The summed E-state index contributed by atoms with van der Waals surface area (Å²) in [5.41, 5.74) is 2.54. The average Bonchev–Trinajstić information content (AvgIpc) is 2.93. The second-order valence-electron chi connectivity index (χ2n) is 10.3. The summed E-state index contributed by atoms with van der Waals surface area (Å²) in [6.07, 6.45) is 17.4. The first-order chi connectivity index (χ1) is 11.9. The van der Waals surface area contributed by atoms with Crippen molar-refractivity contribution in [2.45, 2.75) is 85.2 Å². The van der Waals surface area contributed by atoms with Gasteiger partial charge in [-0.05, 0) is 98.7 Å². The van der Waals surface area contributed by atoms with Crippen LogP contribution in [0.3, 0.4) is 0 Å². The molecule has 140 valence electrons. The minimum absolute atomic E-state index is 0.0812. The number of hydrogen-bond donors (Lipinski definition) is 1. The van der Waals surface area contributed by atoms with Crippen molar-refractivity contribution < 1.29 is 5.11 Å². The molecule has 1 nitrogen and oxygen atoms in total. The zero-order chi connectivity index (χ0) is 17.8. The molecule has 1 N–H and O–H groups in total. The van der Waals surface area contributed by atoms with E-state index in [4.69, 9.17) is 0 Å². The number of allylic oxidation sites excluding steroid dienone is 3. The van der Waals surface area contributed by atoms with Gasteiger partial charge in [-0.25, -0.2) is 0 Å². The van der Waals surface area contributed by atoms with Crippen LogP contribution < -0.4 is 0 Å². The first kappa shape index (κ1) is 17.8. The van der Waals surface area contributed by atoms with E-state index in [9.17, 15) is 5.11 Å². The van der Waals surface area contributed by atoms with Gasteiger partial charge in [0.25, 0.3) is 0 Å². The summed E-state index contributed by atoms with van der Waals surface area (Å²) in [7, 11) is 0. The smallest absolute Gasteiger partial charge is 0.0577 e. The largest absolute Gasteiger partial charge is 0.393 e. The Balaban J connectivity index is 1.62. The molecule has 3 fully saturated rings. The normalized spacial score (nSPS) is 50.8. The lowest BCUT2D eigenvalue weighted by atomic mass is 9.47. The Kier molecular flexibility index (Phi) is 4.46. The van der Waals surface area contributed by atoms with Gasteiger partial charge >= 0.3 is 0 Å². The van der Waals surface area contributed by atoms with Crippen LogP contribution in [0.2, 0.25) is 0 Å². The molecule has 0 spiro atoms. The fraction of sp³-hybridized carbons (Fsp3) is 0.833. The maximum atomic E-state index is 10.1. The molecule has 4 aliphatic rings. The first-order valence-corrected chi connectivity index (χ1v) is 10.9. The van der Waals surface area contributed by atoms with Gasteiger partial charge in [0, 0.05) is 0 Å². The molecule has 8 unspecified atom stereocenters. The summed E-state index contributed by atoms with van der Waals surface area (Å²) in [4.78, 5) is 0. The Bertz CT molecular complexity index is 575. The summed E-state index contributed by atoms with van der Waals surface area (Å²) in [5.74, 6) is 4.29. The SMILES string of the molecule is CC=CC(C)C1CCC2C3CC=C4CC(O)CCC4(C)C3CCC12C. The number of fused-ring (bicyclic) bond motifs is 5. The molecule has 0 radical (unpaired) electrons. The topological polar surface area (TPSA) is 20.2 Å². The van der Waals surface area contributed by atoms with Crippen LogP contribution in [0.15, 0.2) is 23.8 Å². The lowest BCUT2D eigenvalue weighted by Crippen LogP contribution is -2.50. The molecule has 8 atom stereocenters. The molecule has 3 saturated carbocycles. The Morgan fingerprint density at radius 2 is 1.92 bits per heavy atom. The van der Waals surface area contributed by atoms with E-state index in [1.165, 1.54) is 38.5 Å².